The van der Waals surface area contributed by atoms with Crippen LogP contribution in [0.15, 0.2) is 107 Å². The Hall–Kier alpha value is -4.84. The van der Waals surface area contributed by atoms with Gasteiger partial charge in [-0.3, -0.25) is 14.5 Å². The molecule has 1 saturated heterocycles. The zero-order valence-electron chi connectivity index (χ0n) is 26.7. The lowest BCUT2D eigenvalue weighted by Crippen LogP contribution is -2.29. The quantitative estimate of drug-likeness (QED) is 0.0422. The summed E-state index contributed by atoms with van der Waals surface area (Å²) in [6, 6.07) is 28.1. The first-order valence-corrected chi connectivity index (χ1v) is 17.6. The van der Waals surface area contributed by atoms with Crippen molar-refractivity contribution in [3.63, 3.8) is 0 Å². The number of halogens is 1. The molecule has 5 aromatic rings. The van der Waals surface area contributed by atoms with Gasteiger partial charge in [0.25, 0.3) is 5.78 Å². The highest BCUT2D eigenvalue weighted by Gasteiger charge is 2.48. The molecule has 49 heavy (non-hydrogen) atoms. The maximum absolute atomic E-state index is 13.8. The van der Waals surface area contributed by atoms with Gasteiger partial charge in [-0.05, 0) is 71.6 Å². The Morgan fingerprint density at radius 2 is 1.67 bits per heavy atom. The van der Waals surface area contributed by atoms with E-state index in [0.717, 1.165) is 17.5 Å². The van der Waals surface area contributed by atoms with E-state index >= 15 is 0 Å². The third kappa shape index (κ3) is 7.75. The van der Waals surface area contributed by atoms with Crippen LogP contribution in [0.1, 0.15) is 41.6 Å². The van der Waals surface area contributed by atoms with Crippen LogP contribution < -0.4 is 19.1 Å². The van der Waals surface area contributed by atoms with Gasteiger partial charge in [0.05, 0.1) is 25.3 Å². The van der Waals surface area contributed by atoms with Gasteiger partial charge in [0.15, 0.2) is 15.8 Å². The lowest BCUT2D eigenvalue weighted by atomic mass is 9.95. The van der Waals surface area contributed by atoms with Crippen LogP contribution in [0.4, 0.5) is 5.13 Å². The largest absolute Gasteiger partial charge is 0.507 e. The minimum atomic E-state index is -1.03. The van der Waals surface area contributed by atoms with Crippen molar-refractivity contribution >= 4 is 57.3 Å². The molecule has 2 heterocycles. The van der Waals surface area contributed by atoms with E-state index in [1.54, 1.807) is 42.5 Å². The number of nitrogens with zero attached hydrogens (tertiary/aromatic N) is 3. The van der Waals surface area contributed by atoms with Crippen LogP contribution >= 0.6 is 34.7 Å². The number of carbonyl (C=O) groups is 2. The third-order valence-corrected chi connectivity index (χ3v) is 10.0. The number of amides is 1. The van der Waals surface area contributed by atoms with Crippen LogP contribution in [0.3, 0.4) is 0 Å². The Balaban J connectivity index is 1.37. The number of ether oxygens (including phenoxy) is 3. The molecule has 1 aliphatic heterocycles. The number of aromatic nitrogens is 2. The predicted octanol–water partition coefficient (Wildman–Crippen LogP) is 8.49. The van der Waals surface area contributed by atoms with Crippen LogP contribution in [0.2, 0.25) is 5.02 Å². The van der Waals surface area contributed by atoms with Gasteiger partial charge < -0.3 is 19.3 Å². The smallest absolute Gasteiger partial charge is 0.301 e. The Kier molecular flexibility index (Phi) is 10.8. The minimum Gasteiger partial charge on any atom is -0.507 e. The number of carbonyl (C=O) groups excluding carboxylic acids is 2. The van der Waals surface area contributed by atoms with Gasteiger partial charge in [-0.15, -0.1) is 10.2 Å². The summed E-state index contributed by atoms with van der Waals surface area (Å²) in [5.41, 5.74) is 2.81. The zero-order valence-corrected chi connectivity index (χ0v) is 29.1. The number of benzene rings is 4. The molecule has 1 N–H and O–H groups in total. The Morgan fingerprint density at radius 1 is 0.918 bits per heavy atom. The van der Waals surface area contributed by atoms with Crippen LogP contribution in [0.25, 0.3) is 5.76 Å². The monoisotopic (exact) mass is 713 g/mol. The number of Topliss-reactive ketones (excluding diaryl/α,β-unsaturated/α-hetero) is 1. The van der Waals surface area contributed by atoms with E-state index in [1.807, 2.05) is 61.5 Å². The summed E-state index contributed by atoms with van der Waals surface area (Å²) < 4.78 is 18.1. The SMILES string of the molecule is CCCOc1ccc(/C(O)=C2/C(=O)C(=O)N(c3nnc(SCc4ccc(Cl)cc4)s3)C2c2ccc(OCc3ccccc3)c(OC)c2)cc1. The molecule has 0 spiro atoms. The normalized spacial score (nSPS) is 15.4. The number of ketones is 1. The van der Waals surface area contributed by atoms with Gasteiger partial charge in [-0.2, -0.15) is 0 Å². The molecule has 1 amide bonds. The number of aliphatic hydroxyl groups excluding tert-OH is 1. The second-order valence-corrected chi connectivity index (χ2v) is 13.6. The Bertz CT molecular complexity index is 1970. The van der Waals surface area contributed by atoms with Crippen LogP contribution in [0, 0.1) is 0 Å². The number of methoxy groups -OCH3 is 1. The van der Waals surface area contributed by atoms with Crippen LogP contribution in [-0.2, 0) is 21.9 Å². The van der Waals surface area contributed by atoms with E-state index in [1.165, 1.54) is 35.1 Å². The highest BCUT2D eigenvalue weighted by molar-refractivity contribution is 8.00. The maximum Gasteiger partial charge on any atom is 0.301 e. The standard InChI is InChI=1S/C37H32ClN3O6S2/c1-3-19-46-28-16-11-25(12-17-28)33(42)31-32(26-13-18-29(30(20-26)45-2)47-21-23-7-5-4-6-8-23)41(35(44)34(31)43)36-39-40-37(49-36)48-22-24-9-14-27(38)15-10-24/h4-18,20,32,42H,3,19,21-22H2,1-2H3/b33-31-. The van der Waals surface area contributed by atoms with Crippen LogP contribution in [-0.4, -0.2) is 40.7 Å². The van der Waals surface area contributed by atoms with E-state index in [4.69, 9.17) is 25.8 Å². The third-order valence-electron chi connectivity index (χ3n) is 7.66. The van der Waals surface area contributed by atoms with Crippen molar-refractivity contribution in [2.75, 3.05) is 18.6 Å². The summed E-state index contributed by atoms with van der Waals surface area (Å²) in [6.45, 7) is 2.87. The van der Waals surface area contributed by atoms with Gasteiger partial charge in [0.1, 0.15) is 18.1 Å². The van der Waals surface area contributed by atoms with Crippen molar-refractivity contribution in [1.82, 2.24) is 10.2 Å². The fourth-order valence-electron chi connectivity index (χ4n) is 5.22. The molecule has 1 fully saturated rings. The van der Waals surface area contributed by atoms with E-state index in [-0.39, 0.29) is 16.5 Å². The van der Waals surface area contributed by atoms with Crippen molar-refractivity contribution in [2.45, 2.75) is 36.1 Å². The fourth-order valence-corrected chi connectivity index (χ4v) is 7.17. The van der Waals surface area contributed by atoms with Gasteiger partial charge in [0.2, 0.25) is 5.13 Å². The molecule has 9 nitrogen and oxygen atoms in total. The van der Waals surface area contributed by atoms with Gasteiger partial charge in [-0.1, -0.05) is 90.2 Å². The summed E-state index contributed by atoms with van der Waals surface area (Å²) in [7, 11) is 1.52. The molecule has 12 heteroatoms. The number of anilines is 1. The molecule has 0 bridgehead atoms. The first-order valence-electron chi connectivity index (χ1n) is 15.5. The van der Waals surface area contributed by atoms with E-state index in [0.29, 0.717) is 56.7 Å². The molecule has 0 saturated carbocycles. The Morgan fingerprint density at radius 3 is 2.39 bits per heavy atom. The summed E-state index contributed by atoms with van der Waals surface area (Å²) >= 11 is 8.66. The number of thioether (sulfide) groups is 1. The molecule has 0 radical (unpaired) electrons. The van der Waals surface area contributed by atoms with Gasteiger partial charge >= 0.3 is 5.91 Å². The molecule has 1 aromatic heterocycles. The average Bonchev–Trinajstić information content (AvgIpc) is 3.71. The van der Waals surface area contributed by atoms with Crippen LogP contribution in [0.5, 0.6) is 17.2 Å². The first-order chi connectivity index (χ1) is 23.9. The molecule has 0 aliphatic carbocycles. The van der Waals surface area contributed by atoms with Gasteiger partial charge in [-0.25, -0.2) is 0 Å². The van der Waals surface area contributed by atoms with E-state index in [2.05, 4.69) is 10.2 Å². The summed E-state index contributed by atoms with van der Waals surface area (Å²) in [5.74, 6) is 0.112. The second-order valence-electron chi connectivity index (χ2n) is 11.0. The van der Waals surface area contributed by atoms with E-state index in [9.17, 15) is 14.7 Å². The summed E-state index contributed by atoms with van der Waals surface area (Å²) in [5, 5.41) is 21.1. The van der Waals surface area contributed by atoms with Crippen molar-refractivity contribution in [2.24, 2.45) is 0 Å². The van der Waals surface area contributed by atoms with E-state index < -0.39 is 17.7 Å². The fraction of sp³-hybridized carbons (Fsp3) is 0.189. The average molecular weight is 714 g/mol. The lowest BCUT2D eigenvalue weighted by Gasteiger charge is -2.23. The number of hydrogen-bond donors (Lipinski definition) is 1. The predicted molar refractivity (Wildman–Crippen MR) is 192 cm³/mol. The molecule has 4 aromatic carbocycles. The van der Waals surface area contributed by atoms with Crippen molar-refractivity contribution in [1.29, 1.82) is 0 Å². The molecular formula is C37H32ClN3O6S2. The lowest BCUT2D eigenvalue weighted by molar-refractivity contribution is -0.132. The molecule has 250 valence electrons. The summed E-state index contributed by atoms with van der Waals surface area (Å²) in [6.07, 6.45) is 0.845. The molecular weight excluding hydrogens is 682 g/mol. The van der Waals surface area contributed by atoms with Crippen molar-refractivity contribution < 1.29 is 28.9 Å². The first kappa shape index (κ1) is 34.0. The highest BCUT2D eigenvalue weighted by atomic mass is 35.5. The summed E-state index contributed by atoms with van der Waals surface area (Å²) in [4.78, 5) is 28.8. The molecule has 1 unspecified atom stereocenters. The molecule has 1 atom stereocenters. The van der Waals surface area contributed by atoms with Crippen molar-refractivity contribution in [3.05, 3.63) is 130 Å². The zero-order chi connectivity index (χ0) is 34.3. The van der Waals surface area contributed by atoms with Crippen molar-refractivity contribution in [3.8, 4) is 17.2 Å². The minimum absolute atomic E-state index is 0.0854. The molecule has 6 rings (SSSR count). The topological polar surface area (TPSA) is 111 Å². The molecule has 1 aliphatic rings. The Labute approximate surface area is 297 Å². The number of aliphatic hydroxyl groups is 1. The highest BCUT2D eigenvalue weighted by Crippen LogP contribution is 2.46. The van der Waals surface area contributed by atoms with Gasteiger partial charge in [0, 0.05) is 16.3 Å². The number of hydrogen-bond acceptors (Lipinski definition) is 10. The maximum atomic E-state index is 13.8. The second kappa shape index (κ2) is 15.6. The number of rotatable bonds is 13.